The van der Waals surface area contributed by atoms with Crippen LogP contribution in [0.1, 0.15) is 20.8 Å². The van der Waals surface area contributed by atoms with Crippen molar-refractivity contribution in [2.75, 3.05) is 0 Å². The maximum atomic E-state index is 11.8. The van der Waals surface area contributed by atoms with Gasteiger partial charge in [-0.25, -0.2) is 0 Å². The zero-order chi connectivity index (χ0) is 13.8. The van der Waals surface area contributed by atoms with E-state index in [2.05, 4.69) is 0 Å². The van der Waals surface area contributed by atoms with Gasteiger partial charge >= 0.3 is 5.00 Å². The Balaban J connectivity index is 2.11. The fourth-order valence-corrected chi connectivity index (χ4v) is 2.23. The van der Waals surface area contributed by atoms with Crippen LogP contribution in [0, 0.1) is 17.0 Å². The molecule has 0 radical (unpaired) electrons. The summed E-state index contributed by atoms with van der Waals surface area (Å²) in [5.74, 6) is -0.223. The second-order valence-electron chi connectivity index (χ2n) is 4.00. The number of benzene rings is 1. The Kier molecular flexibility index (Phi) is 3.87. The predicted octanol–water partition coefficient (Wildman–Crippen LogP) is 3.86. The highest BCUT2D eigenvalue weighted by Crippen LogP contribution is 2.24. The number of hydrogen-bond donors (Lipinski definition) is 0. The number of nitro groups is 1. The maximum absolute atomic E-state index is 11.8. The first-order valence-electron chi connectivity index (χ1n) is 5.59. The van der Waals surface area contributed by atoms with Crippen LogP contribution in [0.3, 0.4) is 0 Å². The first-order chi connectivity index (χ1) is 9.06. The highest BCUT2D eigenvalue weighted by molar-refractivity contribution is 7.17. The standard InChI is InChI=1S/C14H11NO3S/c1-10-2-4-11(5-3-10)6-7-12(16)13-8-9-14(19-13)15(17)18/h2-9H,1H3. The lowest BCUT2D eigenvalue weighted by Gasteiger charge is -1.94. The molecule has 4 nitrogen and oxygen atoms in total. The molecule has 2 rings (SSSR count). The van der Waals surface area contributed by atoms with Crippen LogP contribution in [0.15, 0.2) is 42.5 Å². The minimum absolute atomic E-state index is 0.0212. The van der Waals surface area contributed by atoms with Crippen LogP contribution >= 0.6 is 11.3 Å². The summed E-state index contributed by atoms with van der Waals surface area (Å²) < 4.78 is 0. The molecule has 0 unspecified atom stereocenters. The van der Waals surface area contributed by atoms with Crippen LogP contribution in [0.25, 0.3) is 6.08 Å². The van der Waals surface area contributed by atoms with Crippen molar-refractivity contribution in [2.45, 2.75) is 6.92 Å². The number of rotatable bonds is 4. The third-order valence-corrected chi connectivity index (χ3v) is 3.57. The summed E-state index contributed by atoms with van der Waals surface area (Å²) in [6.07, 6.45) is 3.13. The second kappa shape index (κ2) is 5.58. The summed E-state index contributed by atoms with van der Waals surface area (Å²) in [7, 11) is 0. The molecule has 1 aromatic heterocycles. The first-order valence-corrected chi connectivity index (χ1v) is 6.41. The largest absolute Gasteiger partial charge is 0.324 e. The average Bonchev–Trinajstić information content (AvgIpc) is 2.87. The van der Waals surface area contributed by atoms with Gasteiger partial charge < -0.3 is 0 Å². The van der Waals surface area contributed by atoms with E-state index in [-0.39, 0.29) is 10.8 Å². The molecular formula is C14H11NO3S. The Hall–Kier alpha value is -2.27. The Morgan fingerprint density at radius 3 is 2.47 bits per heavy atom. The molecule has 0 saturated carbocycles. The molecule has 0 aliphatic rings. The van der Waals surface area contributed by atoms with Crippen LogP contribution in [0.2, 0.25) is 0 Å². The van der Waals surface area contributed by atoms with Gasteiger partial charge in [-0.3, -0.25) is 14.9 Å². The first kappa shape index (κ1) is 13.2. The summed E-state index contributed by atoms with van der Waals surface area (Å²) in [5, 5.41) is 10.5. The number of thiophene rings is 1. The highest BCUT2D eigenvalue weighted by Gasteiger charge is 2.13. The molecule has 2 aromatic rings. The summed E-state index contributed by atoms with van der Waals surface area (Å²) in [6.45, 7) is 1.99. The fourth-order valence-electron chi connectivity index (χ4n) is 1.49. The molecule has 0 saturated heterocycles. The average molecular weight is 273 g/mol. The molecule has 96 valence electrons. The quantitative estimate of drug-likeness (QED) is 0.368. The SMILES string of the molecule is Cc1ccc(C=CC(=O)c2ccc([N+](=O)[O-])s2)cc1. The molecule has 0 N–H and O–H groups in total. The molecule has 0 bridgehead atoms. The number of ketones is 1. The van der Waals surface area contributed by atoms with Gasteiger partial charge in [-0.05, 0) is 24.6 Å². The normalized spacial score (nSPS) is 10.8. The summed E-state index contributed by atoms with van der Waals surface area (Å²) in [6, 6.07) is 10.6. The van der Waals surface area contributed by atoms with E-state index in [1.54, 1.807) is 6.08 Å². The third-order valence-electron chi connectivity index (χ3n) is 2.52. The van der Waals surface area contributed by atoms with Crippen molar-refractivity contribution in [1.29, 1.82) is 0 Å². The topological polar surface area (TPSA) is 60.2 Å². The van der Waals surface area contributed by atoms with Crippen molar-refractivity contribution in [2.24, 2.45) is 0 Å². The minimum Gasteiger partial charge on any atom is -0.288 e. The van der Waals surface area contributed by atoms with E-state index in [1.807, 2.05) is 31.2 Å². The van der Waals surface area contributed by atoms with E-state index in [4.69, 9.17) is 0 Å². The van der Waals surface area contributed by atoms with Crippen molar-refractivity contribution in [3.8, 4) is 0 Å². The molecule has 0 fully saturated rings. The maximum Gasteiger partial charge on any atom is 0.324 e. The zero-order valence-corrected chi connectivity index (χ0v) is 11.0. The molecule has 0 atom stereocenters. The van der Waals surface area contributed by atoms with Gasteiger partial charge in [-0.1, -0.05) is 47.2 Å². The van der Waals surface area contributed by atoms with Gasteiger partial charge in [0.2, 0.25) is 0 Å². The van der Waals surface area contributed by atoms with Crippen molar-refractivity contribution < 1.29 is 9.72 Å². The Labute approximate surface area is 114 Å². The van der Waals surface area contributed by atoms with E-state index in [9.17, 15) is 14.9 Å². The van der Waals surface area contributed by atoms with Crippen LogP contribution in [0.4, 0.5) is 5.00 Å². The Bertz CT molecular complexity index is 641. The van der Waals surface area contributed by atoms with Crippen molar-refractivity contribution in [3.05, 3.63) is 68.6 Å². The van der Waals surface area contributed by atoms with Gasteiger partial charge in [0.05, 0.1) is 9.80 Å². The second-order valence-corrected chi connectivity index (χ2v) is 5.07. The van der Waals surface area contributed by atoms with Gasteiger partial charge in [-0.15, -0.1) is 0 Å². The van der Waals surface area contributed by atoms with Gasteiger partial charge in [0.25, 0.3) is 0 Å². The van der Waals surface area contributed by atoms with Crippen LogP contribution in [-0.2, 0) is 0 Å². The number of allylic oxidation sites excluding steroid dienone is 1. The highest BCUT2D eigenvalue weighted by atomic mass is 32.1. The summed E-state index contributed by atoms with van der Waals surface area (Å²) in [4.78, 5) is 22.2. The number of carbonyl (C=O) groups excluding carboxylic acids is 1. The van der Waals surface area contributed by atoms with Crippen molar-refractivity contribution >= 4 is 28.2 Å². The fraction of sp³-hybridized carbons (Fsp3) is 0.0714. The number of aryl methyl sites for hydroxylation is 1. The number of carbonyl (C=O) groups is 1. The predicted molar refractivity (Wildman–Crippen MR) is 75.5 cm³/mol. The van der Waals surface area contributed by atoms with E-state index in [1.165, 1.54) is 18.2 Å². The monoisotopic (exact) mass is 273 g/mol. The van der Waals surface area contributed by atoms with Gasteiger partial charge in [0.1, 0.15) is 0 Å². The van der Waals surface area contributed by atoms with Gasteiger partial charge in [0.15, 0.2) is 5.78 Å². The Morgan fingerprint density at radius 2 is 1.89 bits per heavy atom. The molecule has 0 spiro atoms. The summed E-state index contributed by atoms with van der Waals surface area (Å²) >= 11 is 0.887. The Morgan fingerprint density at radius 1 is 1.21 bits per heavy atom. The lowest BCUT2D eigenvalue weighted by Crippen LogP contribution is -1.88. The van der Waals surface area contributed by atoms with Crippen LogP contribution in [-0.4, -0.2) is 10.7 Å². The van der Waals surface area contributed by atoms with E-state index >= 15 is 0 Å². The molecule has 19 heavy (non-hydrogen) atoms. The van der Waals surface area contributed by atoms with Gasteiger partial charge in [-0.2, -0.15) is 0 Å². The van der Waals surface area contributed by atoms with E-state index < -0.39 is 4.92 Å². The van der Waals surface area contributed by atoms with Crippen molar-refractivity contribution in [3.63, 3.8) is 0 Å². The molecule has 0 aliphatic carbocycles. The lowest BCUT2D eigenvalue weighted by molar-refractivity contribution is -0.380. The van der Waals surface area contributed by atoms with Crippen LogP contribution < -0.4 is 0 Å². The van der Waals surface area contributed by atoms with E-state index in [0.29, 0.717) is 4.88 Å². The number of nitrogens with zero attached hydrogens (tertiary/aromatic N) is 1. The third kappa shape index (κ3) is 3.35. The molecule has 1 heterocycles. The molecular weight excluding hydrogens is 262 g/mol. The molecule has 5 heteroatoms. The zero-order valence-electron chi connectivity index (χ0n) is 10.2. The molecule has 0 aliphatic heterocycles. The van der Waals surface area contributed by atoms with Crippen molar-refractivity contribution in [1.82, 2.24) is 0 Å². The van der Waals surface area contributed by atoms with E-state index in [0.717, 1.165) is 22.5 Å². The molecule has 0 amide bonds. The minimum atomic E-state index is -0.495. The smallest absolute Gasteiger partial charge is 0.288 e. The number of hydrogen-bond acceptors (Lipinski definition) is 4. The lowest BCUT2D eigenvalue weighted by atomic mass is 10.1. The van der Waals surface area contributed by atoms with Gasteiger partial charge in [0, 0.05) is 6.07 Å². The van der Waals surface area contributed by atoms with Crippen LogP contribution in [0.5, 0.6) is 0 Å². The molecule has 1 aromatic carbocycles. The summed E-state index contributed by atoms with van der Waals surface area (Å²) in [5.41, 5.74) is 2.07.